The molecule has 3 heterocycles. The lowest BCUT2D eigenvalue weighted by Crippen LogP contribution is -2.22. The minimum atomic E-state index is -3.77. The predicted molar refractivity (Wildman–Crippen MR) is 130 cm³/mol. The topological polar surface area (TPSA) is 102 Å². The maximum absolute atomic E-state index is 13.5. The zero-order valence-corrected chi connectivity index (χ0v) is 19.6. The first-order chi connectivity index (χ1) is 17.0. The van der Waals surface area contributed by atoms with Crippen molar-refractivity contribution in [1.29, 1.82) is 0 Å². The van der Waals surface area contributed by atoms with Gasteiger partial charge in [-0.25, -0.2) is 8.42 Å². The maximum Gasteiger partial charge on any atom is 0.287 e. The van der Waals surface area contributed by atoms with Crippen LogP contribution in [0.4, 0.5) is 0 Å². The molecular weight excluding hydrogens is 464 g/mol. The molecule has 1 N–H and O–H groups in total. The van der Waals surface area contributed by atoms with Crippen LogP contribution in [0.15, 0.2) is 85.6 Å². The van der Waals surface area contributed by atoms with Gasteiger partial charge in [-0.1, -0.05) is 24.3 Å². The number of hydrogen-bond acceptors (Lipinski definition) is 6. The van der Waals surface area contributed by atoms with E-state index in [9.17, 15) is 13.2 Å². The molecule has 0 radical (unpaired) electrons. The van der Waals surface area contributed by atoms with Gasteiger partial charge in [-0.05, 0) is 55.2 Å². The molecular formula is C27H22N2O5S. The largest absolute Gasteiger partial charge is 0.459 e. The molecule has 1 amide bonds. The van der Waals surface area contributed by atoms with Crippen LogP contribution in [-0.4, -0.2) is 19.3 Å². The van der Waals surface area contributed by atoms with Crippen LogP contribution in [-0.2, 0) is 29.2 Å². The molecule has 7 nitrogen and oxygen atoms in total. The van der Waals surface area contributed by atoms with Crippen molar-refractivity contribution in [2.75, 3.05) is 0 Å². The Morgan fingerprint density at radius 2 is 1.83 bits per heavy atom. The lowest BCUT2D eigenvalue weighted by Gasteiger charge is -2.08. The summed E-state index contributed by atoms with van der Waals surface area (Å²) in [4.78, 5) is 16.8. The molecule has 0 saturated carbocycles. The highest BCUT2D eigenvalue weighted by Crippen LogP contribution is 2.36. The maximum atomic E-state index is 13.5. The van der Waals surface area contributed by atoms with E-state index in [2.05, 4.69) is 10.3 Å². The number of sulfone groups is 1. The van der Waals surface area contributed by atoms with Crippen LogP contribution in [0.3, 0.4) is 0 Å². The van der Waals surface area contributed by atoms with Crippen molar-refractivity contribution in [3.63, 3.8) is 0 Å². The van der Waals surface area contributed by atoms with Crippen molar-refractivity contribution >= 4 is 37.7 Å². The zero-order chi connectivity index (χ0) is 24.0. The lowest BCUT2D eigenvalue weighted by atomic mass is 9.96. The number of para-hydroxylation sites is 1. The van der Waals surface area contributed by atoms with Gasteiger partial charge in [0.1, 0.15) is 10.7 Å². The number of amides is 1. The summed E-state index contributed by atoms with van der Waals surface area (Å²) in [5.74, 6) is 0.744. The normalized spacial score (nSPS) is 13.7. The third kappa shape index (κ3) is 3.80. The molecule has 8 heteroatoms. The van der Waals surface area contributed by atoms with Crippen molar-refractivity contribution in [3.05, 3.63) is 89.6 Å². The second-order valence-electron chi connectivity index (χ2n) is 8.70. The molecule has 1 aliphatic rings. The monoisotopic (exact) mass is 486 g/mol. The van der Waals surface area contributed by atoms with Crippen LogP contribution < -0.4 is 5.32 Å². The number of aromatic nitrogens is 1. The number of furan rings is 2. The summed E-state index contributed by atoms with van der Waals surface area (Å²) in [5, 5.41) is 4.49. The van der Waals surface area contributed by atoms with E-state index in [1.165, 1.54) is 0 Å². The number of benzene rings is 2. The van der Waals surface area contributed by atoms with E-state index in [4.69, 9.17) is 8.83 Å². The molecule has 3 aromatic heterocycles. The number of rotatable bonds is 5. The molecule has 5 aromatic rings. The van der Waals surface area contributed by atoms with Gasteiger partial charge < -0.3 is 14.2 Å². The van der Waals surface area contributed by atoms with Crippen LogP contribution in [0, 0.1) is 0 Å². The van der Waals surface area contributed by atoms with Gasteiger partial charge >= 0.3 is 0 Å². The van der Waals surface area contributed by atoms with E-state index >= 15 is 0 Å². The molecule has 0 saturated heterocycles. The van der Waals surface area contributed by atoms with Gasteiger partial charge in [0.05, 0.1) is 11.1 Å². The van der Waals surface area contributed by atoms with Gasteiger partial charge in [0.15, 0.2) is 16.9 Å². The Morgan fingerprint density at radius 1 is 1.00 bits per heavy atom. The summed E-state index contributed by atoms with van der Waals surface area (Å²) in [5.41, 5.74) is 2.88. The number of nitrogens with zero attached hydrogens (tertiary/aromatic N) is 1. The molecule has 1 aliphatic carbocycles. The Labute approximate surface area is 201 Å². The van der Waals surface area contributed by atoms with Crippen molar-refractivity contribution < 1.29 is 22.0 Å². The average Bonchev–Trinajstić information content (AvgIpc) is 3.49. The van der Waals surface area contributed by atoms with Crippen LogP contribution >= 0.6 is 0 Å². The molecule has 0 bridgehead atoms. The summed E-state index contributed by atoms with van der Waals surface area (Å²) in [6.07, 6.45) is 7.09. The second-order valence-corrected chi connectivity index (χ2v) is 10.6. The quantitative estimate of drug-likeness (QED) is 0.366. The van der Waals surface area contributed by atoms with Crippen LogP contribution in [0.25, 0.3) is 21.9 Å². The van der Waals surface area contributed by atoms with Gasteiger partial charge in [-0.2, -0.15) is 0 Å². The van der Waals surface area contributed by atoms with Crippen molar-refractivity contribution in [2.45, 2.75) is 42.0 Å². The summed E-state index contributed by atoms with van der Waals surface area (Å²) in [7, 11) is -3.77. The number of carbonyl (C=O) groups excluding carboxylic acids is 1. The van der Waals surface area contributed by atoms with Gasteiger partial charge in [-0.15, -0.1) is 0 Å². The fourth-order valence-electron chi connectivity index (χ4n) is 4.65. The van der Waals surface area contributed by atoms with E-state index in [-0.39, 0.29) is 28.0 Å². The fourth-order valence-corrected chi connectivity index (χ4v) is 6.05. The number of fused-ring (bicyclic) bond motifs is 4. The molecule has 176 valence electrons. The molecule has 6 rings (SSSR count). The molecule has 0 atom stereocenters. The molecule has 0 unspecified atom stereocenters. The smallest absolute Gasteiger partial charge is 0.287 e. The number of nitrogens with one attached hydrogen (secondary N) is 1. The van der Waals surface area contributed by atoms with Crippen molar-refractivity contribution in [1.82, 2.24) is 10.3 Å². The highest BCUT2D eigenvalue weighted by atomic mass is 32.2. The Kier molecular flexibility index (Phi) is 5.18. The summed E-state index contributed by atoms with van der Waals surface area (Å²) < 4.78 is 38.5. The Hall–Kier alpha value is -3.91. The molecule has 35 heavy (non-hydrogen) atoms. The third-order valence-corrected chi connectivity index (χ3v) is 8.26. The Morgan fingerprint density at radius 3 is 2.66 bits per heavy atom. The van der Waals surface area contributed by atoms with Crippen LogP contribution in [0.2, 0.25) is 0 Å². The van der Waals surface area contributed by atoms with Gasteiger partial charge in [0, 0.05) is 35.5 Å². The average molecular weight is 487 g/mol. The van der Waals surface area contributed by atoms with Crippen molar-refractivity contribution in [2.24, 2.45) is 0 Å². The minimum absolute atomic E-state index is 0.180. The second kappa shape index (κ2) is 8.39. The summed E-state index contributed by atoms with van der Waals surface area (Å²) in [6, 6.07) is 15.3. The molecule has 0 fully saturated rings. The molecule has 0 spiro atoms. The Bertz CT molecular complexity index is 1650. The third-order valence-electron chi connectivity index (χ3n) is 6.47. The highest BCUT2D eigenvalue weighted by molar-refractivity contribution is 7.91. The number of hydrogen-bond donors (Lipinski definition) is 1. The minimum Gasteiger partial charge on any atom is -0.459 e. The van der Waals surface area contributed by atoms with Crippen molar-refractivity contribution in [3.8, 4) is 0 Å². The van der Waals surface area contributed by atoms with E-state index < -0.39 is 9.84 Å². The zero-order valence-electron chi connectivity index (χ0n) is 18.8. The van der Waals surface area contributed by atoms with Crippen LogP contribution in [0.5, 0.6) is 0 Å². The fraction of sp³-hybridized carbons (Fsp3) is 0.185. The van der Waals surface area contributed by atoms with Crippen LogP contribution in [0.1, 0.15) is 40.3 Å². The number of pyridine rings is 1. The first kappa shape index (κ1) is 21.6. The van der Waals surface area contributed by atoms with E-state index in [0.717, 1.165) is 53.3 Å². The SMILES string of the molecule is O=C(NCc1ccc(S(=O)(=O)c2cccc3c4c(oc23)CCCC4)cc1)c1cc2ccncc2o1. The summed E-state index contributed by atoms with van der Waals surface area (Å²) >= 11 is 0. The highest BCUT2D eigenvalue weighted by Gasteiger charge is 2.26. The Balaban J connectivity index is 1.22. The summed E-state index contributed by atoms with van der Waals surface area (Å²) in [6.45, 7) is 0.231. The lowest BCUT2D eigenvalue weighted by molar-refractivity contribution is 0.0925. The van der Waals surface area contributed by atoms with Gasteiger partial charge in [-0.3, -0.25) is 9.78 Å². The van der Waals surface area contributed by atoms with E-state index in [1.54, 1.807) is 60.9 Å². The molecule has 0 aliphatic heterocycles. The number of aryl methyl sites for hydroxylation is 2. The molecule has 2 aromatic carbocycles. The first-order valence-corrected chi connectivity index (χ1v) is 13.0. The van der Waals surface area contributed by atoms with Gasteiger partial charge in [0.2, 0.25) is 9.84 Å². The van der Waals surface area contributed by atoms with E-state index in [0.29, 0.717) is 11.2 Å². The standard InChI is InChI=1S/C27H22N2O5S/c30-27(23-14-18-12-13-28-16-24(18)33-23)29-15-17-8-10-19(11-9-17)35(31,32)25-7-3-5-21-20-4-1-2-6-22(20)34-26(21)25/h3,5,7-14,16H,1-2,4,6,15H2,(H,29,30). The number of carbonyl (C=O) groups is 1. The predicted octanol–water partition coefficient (Wildman–Crippen LogP) is 5.22. The van der Waals surface area contributed by atoms with E-state index in [1.807, 2.05) is 6.07 Å². The van der Waals surface area contributed by atoms with Gasteiger partial charge in [0.25, 0.3) is 5.91 Å². The first-order valence-electron chi connectivity index (χ1n) is 11.5.